The van der Waals surface area contributed by atoms with E-state index >= 15 is 0 Å². The quantitative estimate of drug-likeness (QED) is 0.0153. The lowest BCUT2D eigenvalue weighted by atomic mass is 9.77. The fraction of sp³-hybridized carbons (Fsp3) is 0.468. The Morgan fingerprint density at radius 1 is 0.689 bits per heavy atom. The van der Waals surface area contributed by atoms with Gasteiger partial charge in [0.25, 0.3) is 5.91 Å². The fourth-order valence-electron chi connectivity index (χ4n) is 9.99. The normalized spacial score (nSPS) is 18.1. The first-order valence-corrected chi connectivity index (χ1v) is 29.6. The Balaban J connectivity index is 0.774. The summed E-state index contributed by atoms with van der Waals surface area (Å²) in [4.78, 5) is 65.3. The molecule has 0 aliphatic carbocycles. The molecule has 0 saturated carbocycles. The van der Waals surface area contributed by atoms with Gasteiger partial charge in [-0.25, -0.2) is 9.48 Å². The second-order valence-corrected chi connectivity index (χ2v) is 21.0. The summed E-state index contributed by atoms with van der Waals surface area (Å²) in [5, 5.41) is 80.4. The molecule has 486 valence electrons. The number of aromatic nitrogens is 3. The summed E-state index contributed by atoms with van der Waals surface area (Å²) in [6.07, 6.45) is -2.52. The van der Waals surface area contributed by atoms with Crippen LogP contribution < -0.4 is 26.0 Å². The molecule has 0 unspecified atom stereocenters. The van der Waals surface area contributed by atoms with Gasteiger partial charge in [0.1, 0.15) is 59.1 Å². The van der Waals surface area contributed by atoms with Crippen LogP contribution in [0, 0.1) is 0 Å². The summed E-state index contributed by atoms with van der Waals surface area (Å²) in [7, 11) is 0. The van der Waals surface area contributed by atoms with E-state index in [4.69, 9.17) is 47.4 Å². The van der Waals surface area contributed by atoms with Gasteiger partial charge < -0.3 is 99.3 Å². The molecular weight excluding hydrogens is 1180 g/mol. The van der Waals surface area contributed by atoms with E-state index < -0.39 is 66.7 Å². The zero-order chi connectivity index (χ0) is 63.8. The topological polar surface area (TPSA) is 378 Å². The minimum atomic E-state index is -1.57. The minimum Gasteiger partial charge on any atom is -0.508 e. The molecule has 1 fully saturated rings. The van der Waals surface area contributed by atoms with Gasteiger partial charge in [-0.2, -0.15) is 0 Å². The summed E-state index contributed by atoms with van der Waals surface area (Å²) < 4.78 is 57.5. The number of hydrogen-bond acceptors (Lipinski definition) is 23. The second-order valence-electron chi connectivity index (χ2n) is 21.0. The summed E-state index contributed by atoms with van der Waals surface area (Å²) in [5.41, 5.74) is 1.59. The average Bonchev–Trinajstić information content (AvgIpc) is 1.46. The molecule has 1 saturated heterocycles. The number of phenolic OH excluding ortho intramolecular Hbond substituents is 2. The third kappa shape index (κ3) is 18.6. The van der Waals surface area contributed by atoms with Gasteiger partial charge in [0.2, 0.25) is 17.7 Å². The number of aliphatic hydroxyl groups excluding tert-OH is 4. The maximum absolute atomic E-state index is 14.1. The monoisotopic (exact) mass is 1260 g/mol. The first-order chi connectivity index (χ1) is 43.7. The number of carbonyl (C=O) groups is 5. The zero-order valence-corrected chi connectivity index (χ0v) is 49.5. The van der Waals surface area contributed by atoms with Crippen molar-refractivity contribution in [3.63, 3.8) is 0 Å². The number of esters is 1. The molecule has 1 aromatic heterocycles. The fourth-order valence-corrected chi connectivity index (χ4v) is 9.99. The van der Waals surface area contributed by atoms with Crippen LogP contribution in [0.15, 0.2) is 97.7 Å². The van der Waals surface area contributed by atoms with Gasteiger partial charge in [-0.15, -0.1) is 5.10 Å². The van der Waals surface area contributed by atoms with Gasteiger partial charge in [-0.1, -0.05) is 30.0 Å². The number of anilines is 1. The van der Waals surface area contributed by atoms with Crippen molar-refractivity contribution >= 4 is 35.3 Å². The van der Waals surface area contributed by atoms with E-state index in [1.165, 1.54) is 41.1 Å². The van der Waals surface area contributed by atoms with E-state index in [0.717, 1.165) is 5.56 Å². The Labute approximate surface area is 518 Å². The summed E-state index contributed by atoms with van der Waals surface area (Å²) >= 11 is 0. The number of amides is 4. The van der Waals surface area contributed by atoms with Crippen molar-refractivity contribution < 1.29 is 102 Å². The highest BCUT2D eigenvalue weighted by molar-refractivity contribution is 6.02. The van der Waals surface area contributed by atoms with E-state index in [1.807, 2.05) is 0 Å². The number of benzene rings is 4. The van der Waals surface area contributed by atoms with Crippen molar-refractivity contribution in [2.24, 2.45) is 0 Å². The molecule has 0 radical (unpaired) electrons. The molecule has 4 heterocycles. The average molecular weight is 1260 g/mol. The minimum absolute atomic E-state index is 0.0527. The number of unbranched alkanes of at least 4 members (excludes halogenated alkanes) is 1. The van der Waals surface area contributed by atoms with Crippen molar-refractivity contribution in [2.45, 2.75) is 81.0 Å². The lowest BCUT2D eigenvalue weighted by Crippen LogP contribution is -2.59. The van der Waals surface area contributed by atoms with Crippen molar-refractivity contribution in [3.05, 3.63) is 137 Å². The number of fused-ring (bicyclic) bond motifs is 6. The maximum Gasteiger partial charge on any atom is 0.340 e. The van der Waals surface area contributed by atoms with Crippen LogP contribution in [0.3, 0.4) is 0 Å². The number of aliphatic hydroxyl groups is 4. The van der Waals surface area contributed by atoms with Gasteiger partial charge in [-0.3, -0.25) is 19.2 Å². The van der Waals surface area contributed by atoms with Gasteiger partial charge in [-0.05, 0) is 85.9 Å². The smallest absolute Gasteiger partial charge is 0.340 e. The van der Waals surface area contributed by atoms with Crippen LogP contribution in [0.5, 0.6) is 23.0 Å². The Kier molecular flexibility index (Phi) is 25.9. The van der Waals surface area contributed by atoms with Crippen molar-refractivity contribution in [1.82, 2.24) is 30.9 Å². The molecule has 90 heavy (non-hydrogen) atoms. The third-order valence-electron chi connectivity index (χ3n) is 14.7. The highest BCUT2D eigenvalue weighted by Gasteiger charge is 2.54. The standard InChI is InChI=1S/C62H77N7O21/c1-2-53(73)64-19-22-82-24-26-84-28-30-86-32-31-85-29-27-83-25-23-81-20-17-54(74)63-18-4-3-5-49(59(79)66-41-9-6-39(7-10-41)16-21-87-61-57(77)56(76)55(75)52(38-70)89-61)69-37-42(67-68-69)36-65-58(78)40-8-13-46-45(33-40)60(80)90-62(46)47-14-11-43(71)34-50(47)88-51-35-44(72)12-15-48(51)62/h2,6-15,33-35,37,49,52,55-57,61,70-72,75-77H,1,3-5,16-32,36,38H2,(H,63,74)(H,64,73)(H,65,78)(H,66,79)/t49-,52+,55+,56-,57+,61+/m0/s1. The van der Waals surface area contributed by atoms with E-state index in [0.29, 0.717) is 133 Å². The molecule has 28 nitrogen and oxygen atoms in total. The zero-order valence-electron chi connectivity index (χ0n) is 49.5. The molecule has 28 heteroatoms. The van der Waals surface area contributed by atoms with Crippen molar-refractivity contribution in [3.8, 4) is 23.0 Å². The molecule has 5 aromatic rings. The van der Waals surface area contributed by atoms with Crippen LogP contribution in [-0.2, 0) is 75.6 Å². The van der Waals surface area contributed by atoms with Gasteiger partial charge in [0.15, 0.2) is 11.9 Å². The van der Waals surface area contributed by atoms with E-state index in [9.17, 15) is 54.6 Å². The summed E-state index contributed by atoms with van der Waals surface area (Å²) in [6, 6.07) is 19.4. The highest BCUT2D eigenvalue weighted by Crippen LogP contribution is 2.57. The molecule has 4 amide bonds. The predicted octanol–water partition coefficient (Wildman–Crippen LogP) is 1.80. The lowest BCUT2D eigenvalue weighted by molar-refractivity contribution is -0.300. The second kappa shape index (κ2) is 34.3. The van der Waals surface area contributed by atoms with Crippen LogP contribution in [-0.4, -0.2) is 212 Å². The van der Waals surface area contributed by atoms with Crippen molar-refractivity contribution in [2.75, 3.05) is 111 Å². The van der Waals surface area contributed by atoms with Gasteiger partial charge >= 0.3 is 5.97 Å². The third-order valence-corrected chi connectivity index (χ3v) is 14.7. The van der Waals surface area contributed by atoms with Crippen LogP contribution in [0.2, 0.25) is 0 Å². The summed E-state index contributed by atoms with van der Waals surface area (Å²) in [5.74, 6) is -1.90. The Hall–Kier alpha value is -7.97. The highest BCUT2D eigenvalue weighted by atomic mass is 16.7. The molecule has 4 aromatic carbocycles. The Morgan fingerprint density at radius 2 is 1.30 bits per heavy atom. The SMILES string of the molecule is C=CC(=O)NCCOCCOCCOCCOCCOCCOCCC(=O)NCCCC[C@@H](C(=O)Nc1ccc(CCO[C@@H]2O[C@H](CO)[C@@H](O)[C@H](O)[C@H]2O)cc1)n1cc(CNC(=O)c2ccc3c(c2)C(=O)OC32c3ccc(O)cc3Oc3cc(O)ccc32)nn1. The first kappa shape index (κ1) is 68.0. The number of ether oxygens (including phenoxy) is 10. The molecule has 8 rings (SSSR count). The molecule has 3 aliphatic rings. The largest absolute Gasteiger partial charge is 0.508 e. The Morgan fingerprint density at radius 3 is 1.92 bits per heavy atom. The molecule has 6 atom stereocenters. The van der Waals surface area contributed by atoms with E-state index in [2.05, 4.69) is 38.2 Å². The number of phenols is 2. The van der Waals surface area contributed by atoms with Gasteiger partial charge in [0, 0.05) is 59.6 Å². The van der Waals surface area contributed by atoms with Crippen LogP contribution in [0.4, 0.5) is 5.69 Å². The van der Waals surface area contributed by atoms with Crippen molar-refractivity contribution in [1.29, 1.82) is 0 Å². The van der Waals surface area contributed by atoms with Crippen LogP contribution in [0.1, 0.15) is 80.4 Å². The lowest BCUT2D eigenvalue weighted by Gasteiger charge is -2.39. The summed E-state index contributed by atoms with van der Waals surface area (Å²) in [6.45, 7) is 7.84. The predicted molar refractivity (Wildman–Crippen MR) is 316 cm³/mol. The van der Waals surface area contributed by atoms with Crippen LogP contribution in [0.25, 0.3) is 0 Å². The number of nitrogens with one attached hydrogen (secondary N) is 4. The molecular formula is C62H77N7O21. The molecule has 3 aliphatic heterocycles. The first-order valence-electron chi connectivity index (χ1n) is 29.6. The number of carbonyl (C=O) groups excluding carboxylic acids is 5. The number of hydrogen-bond donors (Lipinski definition) is 10. The molecule has 10 N–H and O–H groups in total. The number of nitrogens with zero attached hydrogens (tertiary/aromatic N) is 3. The van der Waals surface area contributed by atoms with Gasteiger partial charge in [0.05, 0.1) is 111 Å². The number of rotatable bonds is 38. The maximum atomic E-state index is 14.1. The number of aromatic hydroxyl groups is 2. The van der Waals surface area contributed by atoms with E-state index in [1.54, 1.807) is 54.7 Å². The molecule has 1 spiro atoms. The van der Waals surface area contributed by atoms with E-state index in [-0.39, 0.29) is 78.5 Å². The molecule has 0 bridgehead atoms. The van der Waals surface area contributed by atoms with Crippen LogP contribution >= 0.6 is 0 Å². The Bertz CT molecular complexity index is 3130.